The summed E-state index contributed by atoms with van der Waals surface area (Å²) in [4.78, 5) is 12.4. The second-order valence-corrected chi connectivity index (χ2v) is 7.38. The quantitative estimate of drug-likeness (QED) is 0.453. The largest absolute Gasteiger partial charge is 0.493 e. The monoisotopic (exact) mass is 447 g/mol. The van der Waals surface area contributed by atoms with Gasteiger partial charge in [0.25, 0.3) is 5.91 Å². The van der Waals surface area contributed by atoms with E-state index in [1.165, 1.54) is 0 Å². The summed E-state index contributed by atoms with van der Waals surface area (Å²) in [6.07, 6.45) is 3.05. The zero-order chi connectivity index (χ0) is 23.5. The first-order chi connectivity index (χ1) is 16.1. The summed E-state index contributed by atoms with van der Waals surface area (Å²) in [6.45, 7) is 2.45. The molecular formula is C27H29NO5. The van der Waals surface area contributed by atoms with Gasteiger partial charge in [-0.1, -0.05) is 54.6 Å². The molecular weight excluding hydrogens is 418 g/mol. The summed E-state index contributed by atoms with van der Waals surface area (Å²) < 4.78 is 16.7. The molecule has 0 heterocycles. The zero-order valence-corrected chi connectivity index (χ0v) is 18.9. The van der Waals surface area contributed by atoms with Crippen molar-refractivity contribution in [3.8, 4) is 17.2 Å². The average molecular weight is 448 g/mol. The molecule has 0 aliphatic carbocycles. The number of nitrogens with one attached hydrogen (secondary N) is 1. The van der Waals surface area contributed by atoms with Crippen molar-refractivity contribution in [3.63, 3.8) is 0 Å². The van der Waals surface area contributed by atoms with Crippen molar-refractivity contribution in [1.82, 2.24) is 5.32 Å². The summed E-state index contributed by atoms with van der Waals surface area (Å²) in [5.41, 5.74) is 2.51. The van der Waals surface area contributed by atoms with Crippen LogP contribution in [0.25, 0.3) is 6.08 Å². The maximum atomic E-state index is 12.4. The highest BCUT2D eigenvalue weighted by Crippen LogP contribution is 2.28. The first-order valence-corrected chi connectivity index (χ1v) is 10.8. The molecule has 0 radical (unpaired) electrons. The Balaban J connectivity index is 1.49. The van der Waals surface area contributed by atoms with Gasteiger partial charge in [-0.05, 0) is 48.4 Å². The molecule has 0 bridgehead atoms. The number of methoxy groups -OCH3 is 1. The Morgan fingerprint density at radius 3 is 2.52 bits per heavy atom. The summed E-state index contributed by atoms with van der Waals surface area (Å²) in [5, 5.41) is 13.2. The third-order valence-corrected chi connectivity index (χ3v) is 4.81. The van der Waals surface area contributed by atoms with Gasteiger partial charge in [0.2, 0.25) is 0 Å². The number of rotatable bonds is 11. The highest BCUT2D eigenvalue weighted by molar-refractivity contribution is 5.94. The Hall–Kier alpha value is -3.77. The molecule has 1 unspecified atom stereocenters. The normalized spacial score (nSPS) is 11.7. The molecule has 0 aromatic heterocycles. The highest BCUT2D eigenvalue weighted by atomic mass is 16.5. The molecule has 6 nitrogen and oxygen atoms in total. The van der Waals surface area contributed by atoms with Crippen molar-refractivity contribution in [3.05, 3.63) is 95.6 Å². The molecule has 0 fully saturated rings. The van der Waals surface area contributed by atoms with E-state index in [1.807, 2.05) is 61.5 Å². The van der Waals surface area contributed by atoms with Crippen LogP contribution in [0, 0.1) is 0 Å². The Bertz CT molecular complexity index is 1070. The van der Waals surface area contributed by atoms with Gasteiger partial charge in [-0.3, -0.25) is 4.79 Å². The Labute approximate surface area is 194 Å². The molecule has 3 aromatic carbocycles. The molecule has 0 aliphatic heterocycles. The number of hydrogen-bond acceptors (Lipinski definition) is 5. The van der Waals surface area contributed by atoms with Crippen LogP contribution in [0.1, 0.15) is 28.4 Å². The molecule has 0 aliphatic rings. The molecule has 6 heteroatoms. The number of benzene rings is 3. The van der Waals surface area contributed by atoms with Gasteiger partial charge in [0.1, 0.15) is 25.1 Å². The van der Waals surface area contributed by atoms with E-state index < -0.39 is 6.10 Å². The summed E-state index contributed by atoms with van der Waals surface area (Å²) in [5.74, 6) is 1.44. The summed E-state index contributed by atoms with van der Waals surface area (Å²) in [6, 6.07) is 22.1. The molecule has 0 saturated heterocycles. The van der Waals surface area contributed by atoms with E-state index in [2.05, 4.69) is 5.32 Å². The van der Waals surface area contributed by atoms with Crippen molar-refractivity contribution in [2.45, 2.75) is 19.6 Å². The van der Waals surface area contributed by atoms with Gasteiger partial charge in [-0.25, -0.2) is 0 Å². The average Bonchev–Trinajstić information content (AvgIpc) is 2.86. The molecule has 0 spiro atoms. The van der Waals surface area contributed by atoms with Gasteiger partial charge in [-0.2, -0.15) is 0 Å². The van der Waals surface area contributed by atoms with Gasteiger partial charge in [0.15, 0.2) is 11.5 Å². The fourth-order valence-electron chi connectivity index (χ4n) is 3.13. The van der Waals surface area contributed by atoms with E-state index in [0.29, 0.717) is 29.4 Å². The maximum absolute atomic E-state index is 12.4. The molecule has 3 rings (SSSR count). The van der Waals surface area contributed by atoms with E-state index in [4.69, 9.17) is 14.2 Å². The molecule has 172 valence electrons. The lowest BCUT2D eigenvalue weighted by atomic mass is 10.2. The molecule has 1 amide bonds. The number of carbonyl (C=O) groups is 1. The fraction of sp³-hybridized carbons (Fsp3) is 0.222. The fourth-order valence-corrected chi connectivity index (χ4v) is 3.13. The number of hydrogen-bond donors (Lipinski definition) is 2. The van der Waals surface area contributed by atoms with Gasteiger partial charge >= 0.3 is 0 Å². The molecule has 2 N–H and O–H groups in total. The van der Waals surface area contributed by atoms with Gasteiger partial charge < -0.3 is 24.6 Å². The van der Waals surface area contributed by atoms with E-state index in [-0.39, 0.29) is 19.1 Å². The van der Waals surface area contributed by atoms with Crippen molar-refractivity contribution < 1.29 is 24.1 Å². The highest BCUT2D eigenvalue weighted by Gasteiger charge is 2.12. The van der Waals surface area contributed by atoms with Gasteiger partial charge in [-0.15, -0.1) is 0 Å². The van der Waals surface area contributed by atoms with Gasteiger partial charge in [0, 0.05) is 12.1 Å². The molecule has 33 heavy (non-hydrogen) atoms. The third-order valence-electron chi connectivity index (χ3n) is 4.81. The minimum atomic E-state index is -0.861. The van der Waals surface area contributed by atoms with Crippen LogP contribution in [-0.4, -0.2) is 37.4 Å². The minimum Gasteiger partial charge on any atom is -0.493 e. The number of allylic oxidation sites excluding steroid dienone is 1. The molecule has 0 saturated carbocycles. The lowest BCUT2D eigenvalue weighted by Crippen LogP contribution is -2.25. The van der Waals surface area contributed by atoms with Gasteiger partial charge in [0.05, 0.1) is 7.11 Å². The predicted molar refractivity (Wildman–Crippen MR) is 129 cm³/mol. The molecule has 1 atom stereocenters. The van der Waals surface area contributed by atoms with Crippen LogP contribution in [0.5, 0.6) is 17.2 Å². The Morgan fingerprint density at radius 2 is 1.76 bits per heavy atom. The van der Waals surface area contributed by atoms with Crippen LogP contribution in [0.3, 0.4) is 0 Å². The van der Waals surface area contributed by atoms with Crippen molar-refractivity contribution in [2.24, 2.45) is 0 Å². The standard InChI is InChI=1S/C27H29NO5/c1-3-8-20-13-14-25(26(15-20)31-2)33-19-23(29)18-32-24-12-7-11-22(16-24)27(30)28-17-21-9-5-4-6-10-21/h3-16,23,29H,17-19H2,1-2H3,(H,28,30). The SMILES string of the molecule is CC=Cc1ccc(OCC(O)COc2cccc(C(=O)NCc3ccccc3)c2)c(OC)c1. The van der Waals surface area contributed by atoms with E-state index in [0.717, 1.165) is 11.1 Å². The van der Waals surface area contributed by atoms with Crippen molar-refractivity contribution in [2.75, 3.05) is 20.3 Å². The first kappa shape index (κ1) is 23.9. The second-order valence-electron chi connectivity index (χ2n) is 7.38. The van der Waals surface area contributed by atoms with Crippen LogP contribution < -0.4 is 19.5 Å². The topological polar surface area (TPSA) is 77.0 Å². The zero-order valence-electron chi connectivity index (χ0n) is 18.9. The number of carbonyl (C=O) groups excluding carboxylic acids is 1. The second kappa shape index (κ2) is 12.3. The third kappa shape index (κ3) is 7.40. The van der Waals surface area contributed by atoms with Crippen LogP contribution in [-0.2, 0) is 6.54 Å². The van der Waals surface area contributed by atoms with E-state index >= 15 is 0 Å². The smallest absolute Gasteiger partial charge is 0.251 e. The van der Waals surface area contributed by atoms with Crippen LogP contribution in [0.4, 0.5) is 0 Å². The predicted octanol–water partition coefficient (Wildman–Crippen LogP) is 4.48. The number of amides is 1. The Morgan fingerprint density at radius 1 is 0.970 bits per heavy atom. The van der Waals surface area contributed by atoms with E-state index in [9.17, 15) is 9.90 Å². The Kier molecular flexibility index (Phi) is 8.91. The molecule has 3 aromatic rings. The maximum Gasteiger partial charge on any atom is 0.251 e. The van der Waals surface area contributed by atoms with Crippen LogP contribution in [0.2, 0.25) is 0 Å². The summed E-state index contributed by atoms with van der Waals surface area (Å²) >= 11 is 0. The van der Waals surface area contributed by atoms with Crippen LogP contribution in [0.15, 0.2) is 78.9 Å². The minimum absolute atomic E-state index is 0.0219. The van der Waals surface area contributed by atoms with Crippen LogP contribution >= 0.6 is 0 Å². The number of aliphatic hydroxyl groups excluding tert-OH is 1. The van der Waals surface area contributed by atoms with E-state index in [1.54, 1.807) is 37.4 Å². The lowest BCUT2D eigenvalue weighted by molar-refractivity contribution is 0.0616. The lowest BCUT2D eigenvalue weighted by Gasteiger charge is -2.16. The van der Waals surface area contributed by atoms with Crippen molar-refractivity contribution >= 4 is 12.0 Å². The summed E-state index contributed by atoms with van der Waals surface area (Å²) in [7, 11) is 1.57. The number of aliphatic hydroxyl groups is 1. The first-order valence-electron chi connectivity index (χ1n) is 10.8. The number of ether oxygens (including phenoxy) is 3. The van der Waals surface area contributed by atoms with Crippen molar-refractivity contribution in [1.29, 1.82) is 0 Å².